The molecule has 2 unspecified atom stereocenters. The van der Waals surface area contributed by atoms with Crippen molar-refractivity contribution in [3.8, 4) is 5.75 Å². The molecule has 0 spiro atoms. The Labute approximate surface area is 127 Å². The minimum absolute atomic E-state index is 0.0783. The number of thiophene rings is 1. The van der Waals surface area contributed by atoms with Gasteiger partial charge in [-0.15, -0.1) is 11.3 Å². The van der Waals surface area contributed by atoms with E-state index in [-0.39, 0.29) is 12.1 Å². The first kappa shape index (κ1) is 14.7. The van der Waals surface area contributed by atoms with E-state index >= 15 is 0 Å². The summed E-state index contributed by atoms with van der Waals surface area (Å²) in [5, 5.41) is 3.10. The van der Waals surface area contributed by atoms with Gasteiger partial charge < -0.3 is 10.5 Å². The molecule has 19 heavy (non-hydrogen) atoms. The van der Waals surface area contributed by atoms with E-state index in [1.807, 2.05) is 24.4 Å². The van der Waals surface area contributed by atoms with Crippen molar-refractivity contribution >= 4 is 34.5 Å². The second kappa shape index (κ2) is 6.62. The Morgan fingerprint density at radius 1 is 1.32 bits per heavy atom. The topological polar surface area (TPSA) is 35.2 Å². The first-order valence-corrected chi connectivity index (χ1v) is 7.66. The van der Waals surface area contributed by atoms with E-state index in [2.05, 4.69) is 0 Å². The van der Waals surface area contributed by atoms with E-state index in [0.29, 0.717) is 15.8 Å². The van der Waals surface area contributed by atoms with Crippen LogP contribution in [0.3, 0.4) is 0 Å². The van der Waals surface area contributed by atoms with Gasteiger partial charge in [-0.25, -0.2) is 0 Å². The lowest BCUT2D eigenvalue weighted by molar-refractivity contribution is 0.175. The molecule has 5 heteroatoms. The molecule has 0 amide bonds. The van der Waals surface area contributed by atoms with Crippen molar-refractivity contribution in [1.29, 1.82) is 0 Å². The zero-order valence-electron chi connectivity index (χ0n) is 10.5. The van der Waals surface area contributed by atoms with Crippen molar-refractivity contribution in [3.05, 3.63) is 50.6 Å². The van der Waals surface area contributed by atoms with Gasteiger partial charge in [0.25, 0.3) is 0 Å². The number of halogens is 2. The Bertz CT molecular complexity index is 530. The van der Waals surface area contributed by atoms with E-state index < -0.39 is 0 Å². The Hall–Kier alpha value is -0.740. The van der Waals surface area contributed by atoms with Crippen LogP contribution in [0.2, 0.25) is 10.0 Å². The molecule has 0 aliphatic heterocycles. The second-order valence-electron chi connectivity index (χ2n) is 4.20. The van der Waals surface area contributed by atoms with Gasteiger partial charge in [-0.1, -0.05) is 36.2 Å². The molecule has 0 fully saturated rings. The average Bonchev–Trinajstić information content (AvgIpc) is 2.91. The fourth-order valence-electron chi connectivity index (χ4n) is 1.73. The van der Waals surface area contributed by atoms with Crippen LogP contribution in [-0.4, -0.2) is 6.04 Å². The van der Waals surface area contributed by atoms with Crippen molar-refractivity contribution in [3.63, 3.8) is 0 Å². The Kier molecular flexibility index (Phi) is 5.11. The molecule has 2 rings (SSSR count). The molecule has 2 nitrogen and oxygen atoms in total. The highest BCUT2D eigenvalue weighted by atomic mass is 35.5. The van der Waals surface area contributed by atoms with Gasteiger partial charge in [0.2, 0.25) is 0 Å². The zero-order valence-corrected chi connectivity index (χ0v) is 12.8. The largest absolute Gasteiger partial charge is 0.482 e. The van der Waals surface area contributed by atoms with Crippen LogP contribution in [0.5, 0.6) is 5.75 Å². The molecule has 2 aromatic rings. The minimum Gasteiger partial charge on any atom is -0.482 e. The summed E-state index contributed by atoms with van der Waals surface area (Å²) in [7, 11) is 0. The van der Waals surface area contributed by atoms with Crippen molar-refractivity contribution < 1.29 is 4.74 Å². The molecule has 1 aromatic heterocycles. The first-order valence-electron chi connectivity index (χ1n) is 6.02. The average molecular weight is 316 g/mol. The number of hydrogen-bond acceptors (Lipinski definition) is 3. The van der Waals surface area contributed by atoms with Crippen molar-refractivity contribution in [2.24, 2.45) is 5.73 Å². The lowest BCUT2D eigenvalue weighted by Gasteiger charge is -2.24. The summed E-state index contributed by atoms with van der Waals surface area (Å²) in [6.07, 6.45) is 0.636. The van der Waals surface area contributed by atoms with Crippen LogP contribution in [0.4, 0.5) is 0 Å². The van der Waals surface area contributed by atoms with Gasteiger partial charge in [-0.2, -0.15) is 0 Å². The van der Waals surface area contributed by atoms with Crippen LogP contribution in [0.1, 0.15) is 24.3 Å². The van der Waals surface area contributed by atoms with Gasteiger partial charge in [0.1, 0.15) is 11.9 Å². The minimum atomic E-state index is -0.191. The first-order chi connectivity index (χ1) is 9.11. The third-order valence-electron chi connectivity index (χ3n) is 2.83. The van der Waals surface area contributed by atoms with Crippen LogP contribution in [0, 0.1) is 0 Å². The molecular weight excluding hydrogens is 301 g/mol. The summed E-state index contributed by atoms with van der Waals surface area (Å²) in [6.45, 7) is 2.04. The molecule has 1 aromatic carbocycles. The monoisotopic (exact) mass is 315 g/mol. The predicted octanol–water partition coefficient (Wildman–Crippen LogP) is 4.91. The van der Waals surface area contributed by atoms with Crippen LogP contribution in [0.25, 0.3) is 0 Å². The summed E-state index contributed by atoms with van der Waals surface area (Å²) in [5.74, 6) is 0.605. The lowest BCUT2D eigenvalue weighted by Crippen LogP contribution is -2.30. The van der Waals surface area contributed by atoms with Gasteiger partial charge in [-0.05, 0) is 36.1 Å². The summed E-state index contributed by atoms with van der Waals surface area (Å²) >= 11 is 13.6. The molecule has 0 radical (unpaired) electrons. The predicted molar refractivity (Wildman–Crippen MR) is 82.4 cm³/mol. The van der Waals surface area contributed by atoms with Crippen LogP contribution in [-0.2, 0) is 0 Å². The molecule has 2 N–H and O–H groups in total. The highest BCUT2D eigenvalue weighted by molar-refractivity contribution is 7.10. The van der Waals surface area contributed by atoms with Crippen LogP contribution >= 0.6 is 34.5 Å². The number of ether oxygens (including phenoxy) is 1. The van der Waals surface area contributed by atoms with Gasteiger partial charge >= 0.3 is 0 Å². The molecule has 0 saturated heterocycles. The smallest absolute Gasteiger partial charge is 0.148 e. The Balaban J connectivity index is 2.25. The number of benzene rings is 1. The number of nitrogens with two attached hydrogens (primary N) is 1. The summed E-state index contributed by atoms with van der Waals surface area (Å²) in [5.41, 5.74) is 6.15. The summed E-state index contributed by atoms with van der Waals surface area (Å²) in [4.78, 5) is 1.10. The van der Waals surface area contributed by atoms with E-state index in [4.69, 9.17) is 33.7 Å². The van der Waals surface area contributed by atoms with E-state index in [1.165, 1.54) is 0 Å². The Morgan fingerprint density at radius 3 is 2.68 bits per heavy atom. The van der Waals surface area contributed by atoms with E-state index in [1.54, 1.807) is 29.5 Å². The normalized spacial score (nSPS) is 14.1. The third kappa shape index (κ3) is 3.63. The highest BCUT2D eigenvalue weighted by Crippen LogP contribution is 2.34. The van der Waals surface area contributed by atoms with Gasteiger partial charge in [0.15, 0.2) is 0 Å². The Morgan fingerprint density at radius 2 is 2.11 bits per heavy atom. The summed E-state index contributed by atoms with van der Waals surface area (Å²) in [6, 6.07) is 9.13. The maximum absolute atomic E-state index is 6.15. The molecule has 0 saturated carbocycles. The van der Waals surface area contributed by atoms with E-state index in [9.17, 15) is 0 Å². The van der Waals surface area contributed by atoms with Gasteiger partial charge in [0.05, 0.1) is 5.02 Å². The lowest BCUT2D eigenvalue weighted by atomic mass is 10.1. The quantitative estimate of drug-likeness (QED) is 0.850. The molecule has 2 atom stereocenters. The van der Waals surface area contributed by atoms with Gasteiger partial charge in [-0.3, -0.25) is 0 Å². The van der Waals surface area contributed by atoms with Crippen molar-refractivity contribution in [2.45, 2.75) is 25.5 Å². The van der Waals surface area contributed by atoms with Crippen LogP contribution < -0.4 is 10.5 Å². The van der Waals surface area contributed by atoms with E-state index in [0.717, 1.165) is 11.3 Å². The standard InChI is InChI=1S/C14H15Cl2NOS/c1-2-11(17)14(13-4-3-7-19-13)18-12-6-5-9(15)8-10(12)16/h3-8,11,14H,2,17H2,1H3. The second-order valence-corrected chi connectivity index (χ2v) is 6.02. The fourth-order valence-corrected chi connectivity index (χ4v) is 3.01. The molecule has 0 aliphatic carbocycles. The SMILES string of the molecule is CCC(N)C(Oc1ccc(Cl)cc1Cl)c1cccs1. The summed E-state index contributed by atoms with van der Waals surface area (Å²) < 4.78 is 5.99. The van der Waals surface area contributed by atoms with Crippen LogP contribution in [0.15, 0.2) is 35.7 Å². The zero-order chi connectivity index (χ0) is 13.8. The molecule has 102 valence electrons. The fraction of sp³-hybridized carbons (Fsp3) is 0.286. The third-order valence-corrected chi connectivity index (χ3v) is 4.30. The maximum atomic E-state index is 6.15. The number of rotatable bonds is 5. The molecular formula is C14H15Cl2NOS. The molecule has 0 bridgehead atoms. The van der Waals surface area contributed by atoms with Crippen molar-refractivity contribution in [1.82, 2.24) is 0 Å². The highest BCUT2D eigenvalue weighted by Gasteiger charge is 2.22. The van der Waals surface area contributed by atoms with Crippen molar-refractivity contribution in [2.75, 3.05) is 0 Å². The molecule has 1 heterocycles. The molecule has 0 aliphatic rings. The van der Waals surface area contributed by atoms with Gasteiger partial charge in [0, 0.05) is 15.9 Å². The number of hydrogen-bond donors (Lipinski definition) is 1. The maximum Gasteiger partial charge on any atom is 0.148 e.